The molecule has 7 heteroatoms. The van der Waals surface area contributed by atoms with Crippen molar-refractivity contribution in [2.45, 2.75) is 6.92 Å². The molecule has 1 aromatic carbocycles. The summed E-state index contributed by atoms with van der Waals surface area (Å²) in [5.41, 5.74) is 3.69. The van der Waals surface area contributed by atoms with Gasteiger partial charge in [-0.3, -0.25) is 10.2 Å². The topological polar surface area (TPSA) is 78.1 Å². The fraction of sp³-hybridized carbons (Fsp3) is 0.182. The number of aromatic nitrogens is 3. The second-order valence-electron chi connectivity index (χ2n) is 3.39. The maximum atomic E-state index is 5.35. The Kier molecular flexibility index (Phi) is 4.08. The van der Waals surface area contributed by atoms with Crippen molar-refractivity contribution in [2.75, 3.05) is 12.0 Å². The molecule has 2 aromatic rings. The van der Waals surface area contributed by atoms with Crippen LogP contribution in [0, 0.1) is 4.77 Å². The molecule has 1 heterocycles. The van der Waals surface area contributed by atoms with Gasteiger partial charge in [-0.25, -0.2) is 5.43 Å². The van der Waals surface area contributed by atoms with E-state index in [4.69, 9.17) is 17.0 Å². The molecule has 0 unspecified atom stereocenters. The lowest BCUT2D eigenvalue weighted by Gasteiger charge is -2.01. The van der Waals surface area contributed by atoms with Crippen molar-refractivity contribution >= 4 is 24.4 Å². The van der Waals surface area contributed by atoms with Crippen LogP contribution in [0.5, 0.6) is 5.75 Å². The lowest BCUT2D eigenvalue weighted by Crippen LogP contribution is -1.93. The summed E-state index contributed by atoms with van der Waals surface area (Å²) in [5.74, 6) is 1.32. The van der Waals surface area contributed by atoms with Gasteiger partial charge in [0.25, 0.3) is 0 Å². The quantitative estimate of drug-likeness (QED) is 0.439. The Morgan fingerprint density at radius 1 is 1.39 bits per heavy atom. The third kappa shape index (κ3) is 3.42. The first-order valence-corrected chi connectivity index (χ1v) is 5.85. The summed E-state index contributed by atoms with van der Waals surface area (Å²) in [7, 11) is 0. The van der Waals surface area contributed by atoms with Gasteiger partial charge in [-0.05, 0) is 49.0 Å². The minimum Gasteiger partial charge on any atom is -0.494 e. The van der Waals surface area contributed by atoms with Crippen molar-refractivity contribution in [3.63, 3.8) is 0 Å². The number of hydrogen-bond donors (Lipinski definition) is 3. The molecule has 0 aliphatic heterocycles. The number of nitrogens with zero attached hydrogens (tertiary/aromatic N) is 2. The predicted octanol–water partition coefficient (Wildman–Crippen LogP) is 2.31. The third-order valence-electron chi connectivity index (χ3n) is 2.08. The molecule has 0 bridgehead atoms. The average Bonchev–Trinajstić information content (AvgIpc) is 2.78. The van der Waals surface area contributed by atoms with Crippen molar-refractivity contribution in [2.24, 2.45) is 5.10 Å². The molecule has 2 rings (SSSR count). The highest BCUT2D eigenvalue weighted by molar-refractivity contribution is 7.71. The Morgan fingerprint density at radius 3 is 2.78 bits per heavy atom. The number of anilines is 1. The van der Waals surface area contributed by atoms with E-state index >= 15 is 0 Å². The van der Waals surface area contributed by atoms with Crippen molar-refractivity contribution in [3.05, 3.63) is 34.6 Å². The Hall–Kier alpha value is -2.15. The van der Waals surface area contributed by atoms with Crippen LogP contribution in [0.3, 0.4) is 0 Å². The molecule has 6 nitrogen and oxygen atoms in total. The molecule has 0 fully saturated rings. The van der Waals surface area contributed by atoms with Gasteiger partial charge in [0.05, 0.1) is 12.8 Å². The van der Waals surface area contributed by atoms with E-state index in [2.05, 4.69) is 25.7 Å². The predicted molar refractivity (Wildman–Crippen MR) is 72.6 cm³/mol. The van der Waals surface area contributed by atoms with Crippen molar-refractivity contribution < 1.29 is 4.74 Å². The van der Waals surface area contributed by atoms with E-state index in [-0.39, 0.29) is 0 Å². The molecule has 0 aliphatic rings. The van der Waals surface area contributed by atoms with Gasteiger partial charge in [0.1, 0.15) is 5.75 Å². The molecule has 0 radical (unpaired) electrons. The van der Waals surface area contributed by atoms with Gasteiger partial charge in [0, 0.05) is 0 Å². The lowest BCUT2D eigenvalue weighted by atomic mass is 10.2. The second kappa shape index (κ2) is 5.97. The van der Waals surface area contributed by atoms with Crippen LogP contribution in [-0.2, 0) is 0 Å². The zero-order chi connectivity index (χ0) is 12.8. The lowest BCUT2D eigenvalue weighted by molar-refractivity contribution is 0.340. The standard InChI is InChI=1S/C11H13N5OS/c1-2-17-9-5-3-8(4-6-9)7-12-14-10-13-11(18)16-15-10/h3-7H,2H2,1H3,(H3,13,14,15,16,18)/b12-7+. The van der Waals surface area contributed by atoms with E-state index in [1.54, 1.807) is 6.21 Å². The molecule has 1 aromatic heterocycles. The smallest absolute Gasteiger partial charge is 0.238 e. The van der Waals surface area contributed by atoms with Crippen LogP contribution >= 0.6 is 12.2 Å². The Bertz CT molecular complexity index is 572. The monoisotopic (exact) mass is 263 g/mol. The zero-order valence-electron chi connectivity index (χ0n) is 9.80. The largest absolute Gasteiger partial charge is 0.494 e. The van der Waals surface area contributed by atoms with E-state index in [0.717, 1.165) is 11.3 Å². The number of nitrogens with one attached hydrogen (secondary N) is 3. The van der Waals surface area contributed by atoms with E-state index in [1.807, 2.05) is 31.2 Å². The Balaban J connectivity index is 1.94. The number of hydrogen-bond acceptors (Lipinski definition) is 5. The van der Waals surface area contributed by atoms with Crippen LogP contribution in [0.15, 0.2) is 29.4 Å². The van der Waals surface area contributed by atoms with Gasteiger partial charge < -0.3 is 4.74 Å². The van der Waals surface area contributed by atoms with E-state index in [1.165, 1.54) is 0 Å². The highest BCUT2D eigenvalue weighted by Gasteiger charge is 1.93. The number of aromatic amines is 2. The highest BCUT2D eigenvalue weighted by atomic mass is 32.1. The van der Waals surface area contributed by atoms with Gasteiger partial charge in [-0.15, -0.1) is 0 Å². The van der Waals surface area contributed by atoms with Gasteiger partial charge >= 0.3 is 0 Å². The minimum atomic E-state index is 0.383. The van der Waals surface area contributed by atoms with Gasteiger partial charge in [0.15, 0.2) is 0 Å². The molecule has 0 saturated heterocycles. The SMILES string of the molecule is CCOc1ccc(/C=N/Nc2nc(=S)[nH][nH]2)cc1. The minimum absolute atomic E-state index is 0.383. The summed E-state index contributed by atoms with van der Waals surface area (Å²) in [6.07, 6.45) is 1.68. The van der Waals surface area contributed by atoms with Crippen LogP contribution in [0.4, 0.5) is 5.95 Å². The third-order valence-corrected chi connectivity index (χ3v) is 2.27. The van der Waals surface area contributed by atoms with Crippen LogP contribution in [0.1, 0.15) is 12.5 Å². The van der Waals surface area contributed by atoms with Crippen LogP contribution in [-0.4, -0.2) is 28.0 Å². The van der Waals surface area contributed by atoms with E-state index < -0.39 is 0 Å². The van der Waals surface area contributed by atoms with Crippen LogP contribution in [0.2, 0.25) is 0 Å². The molecular formula is C11H13N5OS. The van der Waals surface area contributed by atoms with Crippen LogP contribution < -0.4 is 10.2 Å². The Morgan fingerprint density at radius 2 is 2.17 bits per heavy atom. The molecule has 0 aliphatic carbocycles. The maximum Gasteiger partial charge on any atom is 0.238 e. The highest BCUT2D eigenvalue weighted by Crippen LogP contribution is 2.10. The van der Waals surface area contributed by atoms with Crippen molar-refractivity contribution in [3.8, 4) is 5.75 Å². The van der Waals surface area contributed by atoms with Gasteiger partial charge in [-0.2, -0.15) is 10.1 Å². The fourth-order valence-corrected chi connectivity index (χ4v) is 1.45. The molecule has 3 N–H and O–H groups in total. The number of ether oxygens (including phenoxy) is 1. The number of H-pyrrole nitrogens is 2. The summed E-state index contributed by atoms with van der Waals surface area (Å²) in [6.45, 7) is 2.61. The van der Waals surface area contributed by atoms with Crippen LogP contribution in [0.25, 0.3) is 0 Å². The summed E-state index contributed by atoms with van der Waals surface area (Å²) < 4.78 is 5.73. The first-order chi connectivity index (χ1) is 8.78. The Labute approximate surface area is 109 Å². The number of benzene rings is 1. The molecule has 0 atom stereocenters. The molecule has 18 heavy (non-hydrogen) atoms. The second-order valence-corrected chi connectivity index (χ2v) is 3.77. The molecule has 94 valence electrons. The van der Waals surface area contributed by atoms with Crippen molar-refractivity contribution in [1.82, 2.24) is 15.2 Å². The summed E-state index contributed by atoms with van der Waals surface area (Å²) in [4.78, 5) is 3.94. The molecule has 0 amide bonds. The number of rotatable bonds is 5. The van der Waals surface area contributed by atoms with Crippen molar-refractivity contribution in [1.29, 1.82) is 0 Å². The van der Waals surface area contributed by atoms with Gasteiger partial charge in [0.2, 0.25) is 10.7 Å². The first kappa shape index (κ1) is 12.3. The fourth-order valence-electron chi connectivity index (χ4n) is 1.31. The first-order valence-electron chi connectivity index (χ1n) is 5.44. The average molecular weight is 263 g/mol. The molecular weight excluding hydrogens is 250 g/mol. The van der Waals surface area contributed by atoms with E-state index in [0.29, 0.717) is 17.3 Å². The molecule has 0 spiro atoms. The normalized spacial score (nSPS) is 10.7. The summed E-state index contributed by atoms with van der Waals surface area (Å²) in [5, 5.41) is 9.42. The number of hydrazone groups is 1. The van der Waals surface area contributed by atoms with Gasteiger partial charge in [-0.1, -0.05) is 0 Å². The zero-order valence-corrected chi connectivity index (χ0v) is 10.6. The molecule has 0 saturated carbocycles. The van der Waals surface area contributed by atoms with E-state index in [9.17, 15) is 0 Å². The summed E-state index contributed by atoms with van der Waals surface area (Å²) >= 11 is 4.81. The maximum absolute atomic E-state index is 5.35. The summed E-state index contributed by atoms with van der Waals surface area (Å²) in [6, 6.07) is 7.63.